The molecule has 1 amide bonds. The third-order valence-electron chi connectivity index (χ3n) is 4.13. The Hall–Kier alpha value is -1.46. The van der Waals surface area contributed by atoms with Crippen LogP contribution in [0.2, 0.25) is 0 Å². The van der Waals surface area contributed by atoms with Crippen molar-refractivity contribution in [3.63, 3.8) is 0 Å². The van der Waals surface area contributed by atoms with Crippen molar-refractivity contribution < 1.29 is 4.79 Å². The zero-order valence-corrected chi connectivity index (χ0v) is 13.2. The molecule has 0 saturated carbocycles. The van der Waals surface area contributed by atoms with Crippen molar-refractivity contribution in [2.24, 2.45) is 0 Å². The molecule has 4 rings (SSSR count). The van der Waals surface area contributed by atoms with E-state index in [2.05, 4.69) is 18.2 Å². The fourth-order valence-corrected chi connectivity index (χ4v) is 5.33. The second-order valence-corrected chi connectivity index (χ2v) is 7.58. The molecule has 3 heterocycles. The van der Waals surface area contributed by atoms with Crippen molar-refractivity contribution in [2.45, 2.75) is 23.5 Å². The maximum Gasteiger partial charge on any atom is 0.257 e. The number of nitrogen functional groups attached to an aromatic ring is 1. The van der Waals surface area contributed by atoms with Crippen LogP contribution in [0.25, 0.3) is 11.1 Å². The van der Waals surface area contributed by atoms with Crippen LogP contribution in [-0.2, 0) is 5.75 Å². The molecule has 1 saturated heterocycles. The van der Waals surface area contributed by atoms with Crippen LogP contribution >= 0.6 is 23.1 Å². The van der Waals surface area contributed by atoms with Crippen molar-refractivity contribution in [1.82, 2.24) is 4.90 Å². The third-order valence-corrected chi connectivity index (χ3v) is 6.43. The quantitative estimate of drug-likeness (QED) is 0.869. The molecule has 21 heavy (non-hydrogen) atoms. The maximum absolute atomic E-state index is 12.9. The van der Waals surface area contributed by atoms with Crippen LogP contribution in [0, 0.1) is 0 Å². The number of carbonyl (C=O) groups excluding carboxylic acids is 1. The van der Waals surface area contributed by atoms with Gasteiger partial charge in [0.05, 0.1) is 10.6 Å². The summed E-state index contributed by atoms with van der Waals surface area (Å²) in [5, 5.41) is 0.675. The number of amides is 1. The number of likely N-dealkylation sites (tertiary alicyclic amines) is 1. The van der Waals surface area contributed by atoms with Gasteiger partial charge >= 0.3 is 0 Å². The van der Waals surface area contributed by atoms with E-state index < -0.39 is 0 Å². The Balaban J connectivity index is 1.87. The summed E-state index contributed by atoms with van der Waals surface area (Å²) in [6, 6.07) is 8.31. The molecular weight excluding hydrogens is 300 g/mol. The molecule has 0 atom stereocenters. The average Bonchev–Trinajstić information content (AvgIpc) is 3.13. The number of rotatable bonds is 1. The zero-order valence-electron chi connectivity index (χ0n) is 11.6. The van der Waals surface area contributed by atoms with Gasteiger partial charge in [-0.15, -0.1) is 23.1 Å². The number of fused-ring (bicyclic) bond motifs is 3. The Morgan fingerprint density at radius 3 is 2.76 bits per heavy atom. The lowest BCUT2D eigenvalue weighted by atomic mass is 10.00. The second kappa shape index (κ2) is 5.07. The molecule has 108 valence electrons. The first kappa shape index (κ1) is 13.2. The van der Waals surface area contributed by atoms with Crippen LogP contribution in [0.1, 0.15) is 28.1 Å². The van der Waals surface area contributed by atoms with E-state index in [-0.39, 0.29) is 5.91 Å². The van der Waals surface area contributed by atoms with Crippen LogP contribution in [0.5, 0.6) is 0 Å². The summed E-state index contributed by atoms with van der Waals surface area (Å²) in [6.07, 6.45) is 2.20. The Kier molecular flexibility index (Phi) is 3.19. The van der Waals surface area contributed by atoms with E-state index in [0.717, 1.165) is 42.8 Å². The summed E-state index contributed by atoms with van der Waals surface area (Å²) in [5.74, 6) is 1.03. The molecule has 2 aliphatic rings. The highest BCUT2D eigenvalue weighted by Crippen LogP contribution is 2.49. The summed E-state index contributed by atoms with van der Waals surface area (Å²) in [7, 11) is 0. The van der Waals surface area contributed by atoms with Crippen LogP contribution in [0.3, 0.4) is 0 Å². The number of thioether (sulfide) groups is 1. The molecule has 3 nitrogen and oxygen atoms in total. The minimum absolute atomic E-state index is 0.115. The molecule has 0 radical (unpaired) electrons. The normalized spacial score (nSPS) is 16.7. The van der Waals surface area contributed by atoms with Gasteiger partial charge in [-0.3, -0.25) is 4.79 Å². The van der Waals surface area contributed by atoms with Gasteiger partial charge in [0.15, 0.2) is 0 Å². The van der Waals surface area contributed by atoms with E-state index >= 15 is 0 Å². The standard InChI is InChI=1S/C16H16N2OS2/c17-15-14(16(19)18-7-3-4-8-18)13-10-5-1-2-6-11(10)20-9-12(13)21-15/h1-2,5-6H,3-4,7-9,17H2. The largest absolute Gasteiger partial charge is 0.390 e. The van der Waals surface area contributed by atoms with Crippen molar-refractivity contribution in [1.29, 1.82) is 0 Å². The predicted molar refractivity (Wildman–Crippen MR) is 88.9 cm³/mol. The Morgan fingerprint density at radius 1 is 1.19 bits per heavy atom. The van der Waals surface area contributed by atoms with Gasteiger partial charge in [-0.1, -0.05) is 18.2 Å². The molecule has 0 spiro atoms. The molecule has 2 N–H and O–H groups in total. The van der Waals surface area contributed by atoms with Gasteiger partial charge in [0.25, 0.3) is 5.91 Å². The summed E-state index contributed by atoms with van der Waals surface area (Å²) < 4.78 is 0. The number of hydrogen-bond donors (Lipinski definition) is 1. The molecule has 1 fully saturated rings. The van der Waals surface area contributed by atoms with Gasteiger partial charge in [0.2, 0.25) is 0 Å². The van der Waals surface area contributed by atoms with Crippen LogP contribution < -0.4 is 5.73 Å². The fourth-order valence-electron chi connectivity index (χ4n) is 3.12. The number of anilines is 1. The monoisotopic (exact) mass is 316 g/mol. The van der Waals surface area contributed by atoms with Crippen molar-refractivity contribution in [2.75, 3.05) is 18.8 Å². The number of benzene rings is 1. The van der Waals surface area contributed by atoms with Gasteiger partial charge in [-0.25, -0.2) is 0 Å². The molecule has 2 aliphatic heterocycles. The zero-order chi connectivity index (χ0) is 14.4. The highest BCUT2D eigenvalue weighted by molar-refractivity contribution is 7.98. The molecule has 1 aromatic carbocycles. The van der Waals surface area contributed by atoms with E-state index in [1.54, 1.807) is 11.3 Å². The van der Waals surface area contributed by atoms with E-state index in [4.69, 9.17) is 5.73 Å². The Morgan fingerprint density at radius 2 is 1.95 bits per heavy atom. The van der Waals surface area contributed by atoms with Gasteiger partial charge in [0.1, 0.15) is 0 Å². The molecule has 5 heteroatoms. The maximum atomic E-state index is 12.9. The fraction of sp³-hybridized carbons (Fsp3) is 0.312. The average molecular weight is 316 g/mol. The number of hydrogen-bond acceptors (Lipinski definition) is 4. The van der Waals surface area contributed by atoms with Gasteiger partial charge in [-0.05, 0) is 24.5 Å². The van der Waals surface area contributed by atoms with Crippen LogP contribution in [0.4, 0.5) is 5.00 Å². The van der Waals surface area contributed by atoms with Crippen LogP contribution in [-0.4, -0.2) is 23.9 Å². The molecule has 0 unspecified atom stereocenters. The number of carbonyl (C=O) groups is 1. The highest BCUT2D eigenvalue weighted by atomic mass is 32.2. The van der Waals surface area contributed by atoms with Crippen molar-refractivity contribution in [3.8, 4) is 11.1 Å². The first-order valence-corrected chi connectivity index (χ1v) is 8.98. The molecule has 0 aliphatic carbocycles. The van der Waals surface area contributed by atoms with Gasteiger partial charge < -0.3 is 10.6 Å². The molecular formula is C16H16N2OS2. The number of nitrogens with zero attached hydrogens (tertiary/aromatic N) is 1. The van der Waals surface area contributed by atoms with E-state index in [9.17, 15) is 4.79 Å². The van der Waals surface area contributed by atoms with Crippen LogP contribution in [0.15, 0.2) is 29.2 Å². The molecule has 1 aromatic heterocycles. The summed E-state index contributed by atoms with van der Waals surface area (Å²) in [6.45, 7) is 1.72. The minimum atomic E-state index is 0.115. The van der Waals surface area contributed by atoms with E-state index in [0.29, 0.717) is 5.00 Å². The molecule has 2 aromatic rings. The molecule has 0 bridgehead atoms. The summed E-state index contributed by atoms with van der Waals surface area (Å²) >= 11 is 3.40. The van der Waals surface area contributed by atoms with Gasteiger partial charge in [-0.2, -0.15) is 0 Å². The Bertz CT molecular complexity index is 717. The predicted octanol–water partition coefficient (Wildman–Crippen LogP) is 3.84. The van der Waals surface area contributed by atoms with Crippen molar-refractivity contribution in [3.05, 3.63) is 34.7 Å². The lowest BCUT2D eigenvalue weighted by Crippen LogP contribution is -2.28. The SMILES string of the molecule is Nc1sc2c(c1C(=O)N1CCCC1)-c1ccccc1SC2. The summed E-state index contributed by atoms with van der Waals surface area (Å²) in [5.41, 5.74) is 9.20. The topological polar surface area (TPSA) is 46.3 Å². The number of nitrogens with two attached hydrogens (primary N) is 1. The summed E-state index contributed by atoms with van der Waals surface area (Å²) in [4.78, 5) is 17.3. The van der Waals surface area contributed by atoms with E-state index in [1.165, 1.54) is 15.3 Å². The number of thiophene rings is 1. The highest BCUT2D eigenvalue weighted by Gasteiger charge is 2.31. The smallest absolute Gasteiger partial charge is 0.257 e. The lowest BCUT2D eigenvalue weighted by Gasteiger charge is -2.20. The van der Waals surface area contributed by atoms with Crippen molar-refractivity contribution >= 4 is 34.0 Å². The first-order chi connectivity index (χ1) is 10.3. The van der Waals surface area contributed by atoms with Gasteiger partial charge in [0, 0.05) is 34.2 Å². The second-order valence-electron chi connectivity index (χ2n) is 5.42. The minimum Gasteiger partial charge on any atom is -0.390 e. The first-order valence-electron chi connectivity index (χ1n) is 7.18. The van der Waals surface area contributed by atoms with E-state index in [1.807, 2.05) is 22.7 Å². The third kappa shape index (κ3) is 2.07. The Labute approximate surface area is 132 Å². The lowest BCUT2D eigenvalue weighted by molar-refractivity contribution is 0.0795.